The largest absolute Gasteiger partial charge is 0.480 e. The standard InChI is InChI=1S/C15H14FN3O6/c16-15(7-6-11(18(22)23)9-13(15)19(24)25)17-12(14(20)21)8-10-4-2-1-3-5-10/h1-7,9,12-13,17H,8H2,(H,20,21)/t12-,13?,15?/m0/s1. The Labute approximate surface area is 140 Å². The number of nitro groups is 2. The van der Waals surface area contributed by atoms with Gasteiger partial charge in [-0.3, -0.25) is 30.3 Å². The summed E-state index contributed by atoms with van der Waals surface area (Å²) in [6.45, 7) is 0. The summed E-state index contributed by atoms with van der Waals surface area (Å²) in [6.07, 6.45) is 1.81. The Balaban J connectivity index is 2.27. The summed E-state index contributed by atoms with van der Waals surface area (Å²) in [4.78, 5) is 31.4. The van der Waals surface area contributed by atoms with Crippen molar-refractivity contribution in [3.05, 3.63) is 80.0 Å². The van der Waals surface area contributed by atoms with Crippen molar-refractivity contribution in [3.63, 3.8) is 0 Å². The van der Waals surface area contributed by atoms with Crippen molar-refractivity contribution in [2.45, 2.75) is 24.3 Å². The average molecular weight is 351 g/mol. The lowest BCUT2D eigenvalue weighted by Crippen LogP contribution is -2.59. The second-order valence-electron chi connectivity index (χ2n) is 5.41. The van der Waals surface area contributed by atoms with Crippen LogP contribution in [0.1, 0.15) is 5.56 Å². The molecule has 0 radical (unpaired) electrons. The van der Waals surface area contributed by atoms with Crippen LogP contribution in [0.15, 0.2) is 54.3 Å². The molecule has 0 fully saturated rings. The van der Waals surface area contributed by atoms with E-state index in [2.05, 4.69) is 5.32 Å². The number of hydrogen-bond donors (Lipinski definition) is 2. The first-order chi connectivity index (χ1) is 11.7. The second-order valence-corrected chi connectivity index (χ2v) is 5.41. The van der Waals surface area contributed by atoms with Gasteiger partial charge in [0.1, 0.15) is 6.04 Å². The first-order valence-electron chi connectivity index (χ1n) is 7.15. The Morgan fingerprint density at radius 2 is 1.96 bits per heavy atom. The highest BCUT2D eigenvalue weighted by atomic mass is 19.1. The minimum Gasteiger partial charge on any atom is -0.480 e. The number of alkyl halides is 1. The third-order valence-corrected chi connectivity index (χ3v) is 3.67. The monoisotopic (exact) mass is 351 g/mol. The van der Waals surface area contributed by atoms with E-state index in [-0.39, 0.29) is 6.42 Å². The number of nitrogens with one attached hydrogen (secondary N) is 1. The number of hydrogen-bond acceptors (Lipinski definition) is 6. The number of carbonyl (C=O) groups is 1. The van der Waals surface area contributed by atoms with Crippen LogP contribution >= 0.6 is 0 Å². The highest BCUT2D eigenvalue weighted by Gasteiger charge is 2.50. The number of nitrogens with zero attached hydrogens (tertiary/aromatic N) is 2. The Bertz CT molecular complexity index is 751. The highest BCUT2D eigenvalue weighted by Crippen LogP contribution is 2.27. The van der Waals surface area contributed by atoms with Gasteiger partial charge in [0, 0.05) is 11.0 Å². The molecular formula is C15H14FN3O6. The summed E-state index contributed by atoms with van der Waals surface area (Å²) in [5.74, 6) is -4.28. The molecular weight excluding hydrogens is 337 g/mol. The summed E-state index contributed by atoms with van der Waals surface area (Å²) in [7, 11) is 0. The van der Waals surface area contributed by atoms with Crippen LogP contribution in [0.4, 0.5) is 4.39 Å². The average Bonchev–Trinajstić information content (AvgIpc) is 2.54. The third kappa shape index (κ3) is 4.23. The maximum atomic E-state index is 15.1. The molecule has 132 valence electrons. The van der Waals surface area contributed by atoms with Crippen LogP contribution in [-0.2, 0) is 11.2 Å². The molecule has 0 aliphatic heterocycles. The van der Waals surface area contributed by atoms with Gasteiger partial charge in [0.15, 0.2) is 0 Å². The number of benzene rings is 1. The van der Waals surface area contributed by atoms with Crippen molar-refractivity contribution in [3.8, 4) is 0 Å². The zero-order chi connectivity index (χ0) is 18.6. The van der Waals surface area contributed by atoms with Gasteiger partial charge < -0.3 is 5.11 Å². The molecule has 2 rings (SSSR count). The van der Waals surface area contributed by atoms with Crippen molar-refractivity contribution in [1.82, 2.24) is 5.32 Å². The molecule has 1 aliphatic rings. The summed E-state index contributed by atoms with van der Waals surface area (Å²) >= 11 is 0. The van der Waals surface area contributed by atoms with Crippen LogP contribution in [0.25, 0.3) is 0 Å². The van der Waals surface area contributed by atoms with Gasteiger partial charge >= 0.3 is 5.97 Å². The fourth-order valence-corrected chi connectivity index (χ4v) is 2.43. The van der Waals surface area contributed by atoms with E-state index in [1.807, 2.05) is 0 Å². The Morgan fingerprint density at radius 1 is 1.32 bits per heavy atom. The normalized spacial score (nSPS) is 23.6. The van der Waals surface area contributed by atoms with Gasteiger partial charge in [-0.05, 0) is 18.1 Å². The predicted octanol–water partition coefficient (Wildman–Crippen LogP) is 1.31. The molecule has 0 saturated heterocycles. The van der Waals surface area contributed by atoms with Crippen LogP contribution in [0.3, 0.4) is 0 Å². The van der Waals surface area contributed by atoms with Crippen molar-refractivity contribution in [2.24, 2.45) is 0 Å². The topological polar surface area (TPSA) is 136 Å². The molecule has 9 nitrogen and oxygen atoms in total. The fraction of sp³-hybridized carbons (Fsp3) is 0.267. The zero-order valence-corrected chi connectivity index (χ0v) is 12.7. The zero-order valence-electron chi connectivity index (χ0n) is 12.7. The van der Waals surface area contributed by atoms with Gasteiger partial charge in [0.25, 0.3) is 17.5 Å². The van der Waals surface area contributed by atoms with Gasteiger partial charge in [-0.1, -0.05) is 30.3 Å². The Morgan fingerprint density at radius 3 is 2.48 bits per heavy atom. The van der Waals surface area contributed by atoms with E-state index in [9.17, 15) is 30.1 Å². The number of allylic oxidation sites excluding steroid dienone is 1. The molecule has 3 atom stereocenters. The van der Waals surface area contributed by atoms with E-state index in [0.717, 1.165) is 6.08 Å². The molecule has 2 N–H and O–H groups in total. The van der Waals surface area contributed by atoms with E-state index in [1.54, 1.807) is 30.3 Å². The molecule has 1 aromatic carbocycles. The molecule has 1 aromatic rings. The molecule has 2 unspecified atom stereocenters. The maximum absolute atomic E-state index is 15.1. The highest BCUT2D eigenvalue weighted by molar-refractivity contribution is 5.74. The predicted molar refractivity (Wildman–Crippen MR) is 83.5 cm³/mol. The molecule has 0 heterocycles. The van der Waals surface area contributed by atoms with Crippen LogP contribution in [0, 0.1) is 20.2 Å². The molecule has 1 aliphatic carbocycles. The molecule has 0 amide bonds. The smallest absolute Gasteiger partial charge is 0.321 e. The van der Waals surface area contributed by atoms with Gasteiger partial charge in [-0.2, -0.15) is 0 Å². The van der Waals surface area contributed by atoms with E-state index in [0.29, 0.717) is 17.7 Å². The minimum absolute atomic E-state index is 0.119. The number of carboxylic acid groups (broad SMARTS) is 1. The lowest BCUT2D eigenvalue weighted by Gasteiger charge is -2.29. The Kier molecular flexibility index (Phi) is 5.22. The number of halogens is 1. The van der Waals surface area contributed by atoms with E-state index < -0.39 is 39.4 Å². The number of carboxylic acids is 1. The molecule has 25 heavy (non-hydrogen) atoms. The SMILES string of the molecule is O=C(O)[C@H](Cc1ccccc1)NC1(F)C=CC([N+](=O)[O-])=CC1[N+](=O)[O-]. The van der Waals surface area contributed by atoms with Crippen molar-refractivity contribution >= 4 is 5.97 Å². The van der Waals surface area contributed by atoms with E-state index in [1.165, 1.54) is 0 Å². The van der Waals surface area contributed by atoms with E-state index >= 15 is 4.39 Å². The molecule has 0 spiro atoms. The van der Waals surface area contributed by atoms with Crippen LogP contribution < -0.4 is 5.32 Å². The van der Waals surface area contributed by atoms with Gasteiger partial charge in [-0.25, -0.2) is 4.39 Å². The molecule has 0 aromatic heterocycles. The first-order valence-corrected chi connectivity index (χ1v) is 7.15. The van der Waals surface area contributed by atoms with Gasteiger partial charge in [-0.15, -0.1) is 0 Å². The van der Waals surface area contributed by atoms with Crippen molar-refractivity contribution in [2.75, 3.05) is 0 Å². The minimum atomic E-state index is -2.87. The summed E-state index contributed by atoms with van der Waals surface area (Å²) in [5.41, 5.74) is -0.0447. The van der Waals surface area contributed by atoms with Crippen LogP contribution in [0.5, 0.6) is 0 Å². The summed E-state index contributed by atoms with van der Waals surface area (Å²) in [6, 6.07) is 4.74. The Hall–Kier alpha value is -3.14. The van der Waals surface area contributed by atoms with Crippen LogP contribution in [0.2, 0.25) is 0 Å². The van der Waals surface area contributed by atoms with Crippen molar-refractivity contribution in [1.29, 1.82) is 0 Å². The van der Waals surface area contributed by atoms with Crippen LogP contribution in [-0.4, -0.2) is 38.8 Å². The lowest BCUT2D eigenvalue weighted by molar-refractivity contribution is -0.529. The lowest BCUT2D eigenvalue weighted by atomic mass is 9.96. The second kappa shape index (κ2) is 7.18. The summed E-state index contributed by atoms with van der Waals surface area (Å²) in [5, 5.41) is 33.3. The number of rotatable bonds is 7. The fourth-order valence-electron chi connectivity index (χ4n) is 2.43. The number of aliphatic carboxylic acids is 1. The van der Waals surface area contributed by atoms with Gasteiger partial charge in [0.05, 0.1) is 11.0 Å². The summed E-state index contributed by atoms with van der Waals surface area (Å²) < 4.78 is 15.1. The third-order valence-electron chi connectivity index (χ3n) is 3.67. The van der Waals surface area contributed by atoms with Gasteiger partial charge in [0.2, 0.25) is 0 Å². The molecule has 10 heteroatoms. The first kappa shape index (κ1) is 18.2. The van der Waals surface area contributed by atoms with E-state index in [4.69, 9.17) is 0 Å². The quantitative estimate of drug-likeness (QED) is 0.429. The molecule has 0 saturated carbocycles. The van der Waals surface area contributed by atoms with Crippen molar-refractivity contribution < 1.29 is 24.1 Å². The molecule has 0 bridgehead atoms. The maximum Gasteiger partial charge on any atom is 0.321 e.